The van der Waals surface area contributed by atoms with Crippen molar-refractivity contribution in [2.75, 3.05) is 0 Å². The molecule has 0 aliphatic heterocycles. The molecule has 0 aliphatic rings. The number of benzene rings is 2. The van der Waals surface area contributed by atoms with Crippen molar-refractivity contribution in [1.29, 1.82) is 0 Å². The Morgan fingerprint density at radius 2 is 1.89 bits per heavy atom. The summed E-state index contributed by atoms with van der Waals surface area (Å²) in [5.74, 6) is 0.265. The van der Waals surface area contributed by atoms with Crippen LogP contribution < -0.4 is 5.32 Å². The van der Waals surface area contributed by atoms with E-state index in [4.69, 9.17) is 16.1 Å². The summed E-state index contributed by atoms with van der Waals surface area (Å²) in [6.45, 7) is 0.209. The number of nitrogens with zero attached hydrogens (tertiary/aromatic N) is 2. The fourth-order valence-electron chi connectivity index (χ4n) is 2.26. The zero-order valence-corrected chi connectivity index (χ0v) is 14.7. The summed E-state index contributed by atoms with van der Waals surface area (Å²) in [5.41, 5.74) is 2.10. The molecular formula is C19H14ClN3O4. The normalized spacial score (nSPS) is 10.9. The van der Waals surface area contributed by atoms with Crippen molar-refractivity contribution >= 4 is 29.3 Å². The summed E-state index contributed by atoms with van der Waals surface area (Å²) >= 11 is 5.85. The monoisotopic (exact) mass is 383 g/mol. The van der Waals surface area contributed by atoms with E-state index in [1.165, 1.54) is 18.2 Å². The summed E-state index contributed by atoms with van der Waals surface area (Å²) in [6, 6.07) is 14.8. The van der Waals surface area contributed by atoms with Crippen molar-refractivity contribution in [2.45, 2.75) is 6.54 Å². The second-order valence-corrected chi connectivity index (χ2v) is 6.03. The van der Waals surface area contributed by atoms with Crippen LogP contribution in [0.5, 0.6) is 0 Å². The van der Waals surface area contributed by atoms with Crippen LogP contribution in [0, 0.1) is 10.1 Å². The van der Waals surface area contributed by atoms with Gasteiger partial charge in [0.05, 0.1) is 11.5 Å². The molecule has 0 spiro atoms. The van der Waals surface area contributed by atoms with Crippen LogP contribution in [0.2, 0.25) is 5.02 Å². The maximum atomic E-state index is 11.9. The number of hydrogen-bond acceptors (Lipinski definition) is 5. The van der Waals surface area contributed by atoms with Crippen LogP contribution in [0.4, 0.5) is 5.69 Å². The Hall–Kier alpha value is -3.45. The van der Waals surface area contributed by atoms with Gasteiger partial charge < -0.3 is 9.84 Å². The number of nitro groups is 1. The van der Waals surface area contributed by atoms with Crippen LogP contribution in [0.15, 0.2) is 65.2 Å². The van der Waals surface area contributed by atoms with Crippen LogP contribution in [0.1, 0.15) is 11.3 Å². The van der Waals surface area contributed by atoms with E-state index in [0.29, 0.717) is 22.0 Å². The van der Waals surface area contributed by atoms with Gasteiger partial charge in [0, 0.05) is 34.9 Å². The first-order chi connectivity index (χ1) is 13.0. The number of hydrogen-bond donors (Lipinski definition) is 1. The highest BCUT2D eigenvalue weighted by Crippen LogP contribution is 2.22. The van der Waals surface area contributed by atoms with Gasteiger partial charge in [0.25, 0.3) is 5.69 Å². The highest BCUT2D eigenvalue weighted by Gasteiger charge is 2.07. The van der Waals surface area contributed by atoms with Crippen molar-refractivity contribution in [3.05, 3.63) is 87.1 Å². The molecule has 0 unspecified atom stereocenters. The average Bonchev–Trinajstić information content (AvgIpc) is 3.14. The fourth-order valence-corrected chi connectivity index (χ4v) is 2.39. The average molecular weight is 384 g/mol. The lowest BCUT2D eigenvalue weighted by Crippen LogP contribution is -2.20. The predicted molar refractivity (Wildman–Crippen MR) is 101 cm³/mol. The largest absolute Gasteiger partial charge is 0.356 e. The second-order valence-electron chi connectivity index (χ2n) is 5.59. The molecule has 1 aromatic heterocycles. The number of rotatable bonds is 6. The Bertz CT molecular complexity index is 979. The van der Waals surface area contributed by atoms with Gasteiger partial charge in [0.15, 0.2) is 5.76 Å². The summed E-state index contributed by atoms with van der Waals surface area (Å²) in [7, 11) is 0. The number of carbonyl (C=O) groups excluding carboxylic acids is 1. The van der Waals surface area contributed by atoms with Crippen LogP contribution in [-0.4, -0.2) is 16.0 Å². The molecule has 0 atom stereocenters. The number of carbonyl (C=O) groups is 1. The van der Waals surface area contributed by atoms with Crippen molar-refractivity contribution in [2.24, 2.45) is 0 Å². The zero-order valence-electron chi connectivity index (χ0n) is 14.0. The lowest BCUT2D eigenvalue weighted by Gasteiger charge is -1.98. The SMILES string of the molecule is O=C(/C=C\c1ccc([N+](=O)[O-])cc1)NCc1cc(-c2ccc(Cl)cc2)on1. The molecule has 0 saturated heterocycles. The summed E-state index contributed by atoms with van der Waals surface area (Å²) in [6.07, 6.45) is 2.92. The van der Waals surface area contributed by atoms with Crippen LogP contribution in [0.3, 0.4) is 0 Å². The minimum Gasteiger partial charge on any atom is -0.356 e. The maximum Gasteiger partial charge on any atom is 0.269 e. The quantitative estimate of drug-likeness (QED) is 0.390. The second kappa shape index (κ2) is 8.29. The Kier molecular flexibility index (Phi) is 5.63. The highest BCUT2D eigenvalue weighted by atomic mass is 35.5. The summed E-state index contributed by atoms with van der Waals surface area (Å²) in [5, 5.41) is 17.9. The smallest absolute Gasteiger partial charge is 0.269 e. The molecule has 1 amide bonds. The van der Waals surface area contributed by atoms with Crippen molar-refractivity contribution in [1.82, 2.24) is 10.5 Å². The van der Waals surface area contributed by atoms with E-state index >= 15 is 0 Å². The predicted octanol–water partition coefficient (Wildman–Crippen LogP) is 4.23. The first kappa shape index (κ1) is 18.3. The molecule has 7 nitrogen and oxygen atoms in total. The van der Waals surface area contributed by atoms with Gasteiger partial charge in [-0.2, -0.15) is 0 Å². The lowest BCUT2D eigenvalue weighted by molar-refractivity contribution is -0.384. The number of nitrogens with one attached hydrogen (secondary N) is 1. The van der Waals surface area contributed by atoms with Crippen LogP contribution >= 0.6 is 11.6 Å². The van der Waals surface area contributed by atoms with E-state index in [1.54, 1.807) is 36.4 Å². The third kappa shape index (κ3) is 5.02. The van der Waals surface area contributed by atoms with Crippen LogP contribution in [0.25, 0.3) is 17.4 Å². The summed E-state index contributed by atoms with van der Waals surface area (Å²) < 4.78 is 5.27. The molecule has 3 aromatic rings. The topological polar surface area (TPSA) is 98.3 Å². The molecule has 3 rings (SSSR count). The van der Waals surface area contributed by atoms with Crippen molar-refractivity contribution < 1.29 is 14.2 Å². The molecule has 1 N–H and O–H groups in total. The number of non-ortho nitro benzene ring substituents is 1. The molecule has 0 saturated carbocycles. The van der Waals surface area contributed by atoms with Gasteiger partial charge in [0.1, 0.15) is 5.69 Å². The van der Waals surface area contributed by atoms with Gasteiger partial charge in [-0.25, -0.2) is 0 Å². The summed E-state index contributed by atoms with van der Waals surface area (Å²) in [4.78, 5) is 22.0. The minimum absolute atomic E-state index is 0.000810. The Morgan fingerprint density at radius 1 is 1.19 bits per heavy atom. The van der Waals surface area contributed by atoms with Crippen LogP contribution in [-0.2, 0) is 11.3 Å². The highest BCUT2D eigenvalue weighted by molar-refractivity contribution is 6.30. The maximum absolute atomic E-state index is 11.9. The number of halogens is 1. The molecule has 2 aromatic carbocycles. The molecule has 8 heteroatoms. The van der Waals surface area contributed by atoms with Crippen molar-refractivity contribution in [3.63, 3.8) is 0 Å². The molecule has 27 heavy (non-hydrogen) atoms. The van der Waals surface area contributed by atoms with E-state index in [2.05, 4.69) is 10.5 Å². The first-order valence-corrected chi connectivity index (χ1v) is 8.31. The van der Waals surface area contributed by atoms with Gasteiger partial charge in [-0.3, -0.25) is 14.9 Å². The molecule has 1 heterocycles. The van der Waals surface area contributed by atoms with Gasteiger partial charge in [0.2, 0.25) is 5.91 Å². The van der Waals surface area contributed by atoms with Crippen molar-refractivity contribution in [3.8, 4) is 11.3 Å². The Morgan fingerprint density at radius 3 is 2.56 bits per heavy atom. The Labute approximate surface area is 159 Å². The van der Waals surface area contributed by atoms with E-state index in [0.717, 1.165) is 5.56 Å². The lowest BCUT2D eigenvalue weighted by atomic mass is 10.1. The standard InChI is InChI=1S/C19H14ClN3O4/c20-15-6-4-14(5-7-15)18-11-16(22-27-18)12-21-19(24)10-3-13-1-8-17(9-2-13)23(25)26/h1-11H,12H2,(H,21,24)/b10-3-. The molecule has 0 bridgehead atoms. The molecule has 136 valence electrons. The molecule has 0 aliphatic carbocycles. The van der Waals surface area contributed by atoms with Gasteiger partial charge in [-0.15, -0.1) is 0 Å². The number of aromatic nitrogens is 1. The molecule has 0 radical (unpaired) electrons. The molecule has 0 fully saturated rings. The van der Waals surface area contributed by atoms with E-state index in [1.807, 2.05) is 12.1 Å². The number of amides is 1. The minimum atomic E-state index is -0.476. The fraction of sp³-hybridized carbons (Fsp3) is 0.0526. The molecular weight excluding hydrogens is 370 g/mol. The zero-order chi connectivity index (χ0) is 19.2. The first-order valence-electron chi connectivity index (χ1n) is 7.93. The third-order valence-corrected chi connectivity index (χ3v) is 3.91. The van der Waals surface area contributed by atoms with E-state index < -0.39 is 4.92 Å². The van der Waals surface area contributed by atoms with Gasteiger partial charge >= 0.3 is 0 Å². The Balaban J connectivity index is 1.54. The number of nitro benzene ring substituents is 1. The third-order valence-electron chi connectivity index (χ3n) is 3.66. The van der Waals surface area contributed by atoms with Gasteiger partial charge in [-0.05, 0) is 48.0 Å². The van der Waals surface area contributed by atoms with E-state index in [9.17, 15) is 14.9 Å². The van der Waals surface area contributed by atoms with Gasteiger partial charge in [-0.1, -0.05) is 16.8 Å². The van der Waals surface area contributed by atoms with E-state index in [-0.39, 0.29) is 18.1 Å².